The van der Waals surface area contributed by atoms with Gasteiger partial charge in [0, 0.05) is 18.5 Å². The van der Waals surface area contributed by atoms with Gasteiger partial charge in [0.2, 0.25) is 0 Å². The molecule has 1 aromatic carbocycles. The molecule has 0 radical (unpaired) electrons. The number of benzene rings is 1. The summed E-state index contributed by atoms with van der Waals surface area (Å²) in [6.07, 6.45) is 1.03. The van der Waals surface area contributed by atoms with Crippen LogP contribution in [0.4, 0.5) is 5.69 Å². The van der Waals surface area contributed by atoms with E-state index in [0.717, 1.165) is 12.0 Å². The van der Waals surface area contributed by atoms with Gasteiger partial charge in [0.15, 0.2) is 0 Å². The first-order valence-corrected chi connectivity index (χ1v) is 4.54. The van der Waals surface area contributed by atoms with Crippen LogP contribution in [0.1, 0.15) is 5.56 Å². The predicted octanol–water partition coefficient (Wildman–Crippen LogP) is 2.78. The minimum Gasteiger partial charge on any atom is -0.387 e. The second-order valence-electron chi connectivity index (χ2n) is 2.51. The Morgan fingerprint density at radius 1 is 1.46 bits per heavy atom. The second-order valence-corrected chi connectivity index (χ2v) is 3.29. The minimum atomic E-state index is 0.243. The van der Waals surface area contributed by atoms with Crippen molar-refractivity contribution in [3.63, 3.8) is 0 Å². The highest BCUT2D eigenvalue weighted by atomic mass is 35.5. The number of halogens is 2. The molecule has 1 rings (SSSR count). The normalized spacial score (nSPS) is 9.77. The standard InChI is InChI=1S/C9H9Cl2NO/c1-12-8-3-2-7(10)6(4-5-13)9(8)11/h2-3,5,12H,4H2,1H3. The predicted molar refractivity (Wildman–Crippen MR) is 55.8 cm³/mol. The van der Waals surface area contributed by atoms with Crippen LogP contribution in [0.2, 0.25) is 10.0 Å². The topological polar surface area (TPSA) is 29.1 Å². The quantitative estimate of drug-likeness (QED) is 0.790. The van der Waals surface area contributed by atoms with Gasteiger partial charge < -0.3 is 10.1 Å². The molecule has 0 amide bonds. The number of anilines is 1. The summed E-state index contributed by atoms with van der Waals surface area (Å²) >= 11 is 11.9. The zero-order valence-electron chi connectivity index (χ0n) is 7.10. The third-order valence-corrected chi connectivity index (χ3v) is 2.53. The Hall–Kier alpha value is -0.730. The molecule has 0 saturated carbocycles. The number of nitrogens with one attached hydrogen (secondary N) is 1. The van der Waals surface area contributed by atoms with Crippen molar-refractivity contribution < 1.29 is 4.79 Å². The smallest absolute Gasteiger partial charge is 0.124 e. The lowest BCUT2D eigenvalue weighted by Gasteiger charge is -2.08. The van der Waals surface area contributed by atoms with E-state index < -0.39 is 0 Å². The largest absolute Gasteiger partial charge is 0.387 e. The van der Waals surface area contributed by atoms with E-state index in [4.69, 9.17) is 23.2 Å². The monoisotopic (exact) mass is 217 g/mol. The number of rotatable bonds is 3. The summed E-state index contributed by atoms with van der Waals surface area (Å²) < 4.78 is 0. The van der Waals surface area contributed by atoms with E-state index in [1.807, 2.05) is 0 Å². The minimum absolute atomic E-state index is 0.243. The fourth-order valence-corrected chi connectivity index (χ4v) is 1.68. The number of aldehydes is 1. The van der Waals surface area contributed by atoms with Crippen molar-refractivity contribution >= 4 is 35.2 Å². The van der Waals surface area contributed by atoms with Crippen molar-refractivity contribution in [2.24, 2.45) is 0 Å². The van der Waals surface area contributed by atoms with Crippen LogP contribution in [0.3, 0.4) is 0 Å². The Bertz CT molecular complexity index is 326. The van der Waals surface area contributed by atoms with E-state index >= 15 is 0 Å². The van der Waals surface area contributed by atoms with Gasteiger partial charge in [-0.05, 0) is 17.7 Å². The van der Waals surface area contributed by atoms with Crippen LogP contribution < -0.4 is 5.32 Å². The van der Waals surface area contributed by atoms with Crippen LogP contribution in [0.5, 0.6) is 0 Å². The molecule has 0 heterocycles. The summed E-state index contributed by atoms with van der Waals surface area (Å²) in [5.41, 5.74) is 1.45. The van der Waals surface area contributed by atoms with Crippen LogP contribution in [-0.2, 0) is 11.2 Å². The molecule has 4 heteroatoms. The van der Waals surface area contributed by atoms with Gasteiger partial charge in [-0.3, -0.25) is 0 Å². The molecule has 0 aliphatic carbocycles. The van der Waals surface area contributed by atoms with Crippen molar-refractivity contribution in [2.75, 3.05) is 12.4 Å². The molecule has 0 atom stereocenters. The molecule has 0 aromatic heterocycles. The van der Waals surface area contributed by atoms with E-state index in [9.17, 15) is 4.79 Å². The maximum Gasteiger partial charge on any atom is 0.124 e. The molecular formula is C9H9Cl2NO. The maximum atomic E-state index is 10.3. The Balaban J connectivity index is 3.20. The zero-order valence-corrected chi connectivity index (χ0v) is 8.62. The van der Waals surface area contributed by atoms with Crippen LogP contribution in [0, 0.1) is 0 Å². The van der Waals surface area contributed by atoms with E-state index in [-0.39, 0.29) is 6.42 Å². The van der Waals surface area contributed by atoms with Crippen molar-refractivity contribution in [1.29, 1.82) is 0 Å². The van der Waals surface area contributed by atoms with Gasteiger partial charge in [0.1, 0.15) is 6.29 Å². The molecule has 13 heavy (non-hydrogen) atoms. The third-order valence-electron chi connectivity index (χ3n) is 1.74. The van der Waals surface area contributed by atoms with Crippen molar-refractivity contribution in [3.8, 4) is 0 Å². The van der Waals surface area contributed by atoms with Gasteiger partial charge in [-0.1, -0.05) is 23.2 Å². The van der Waals surface area contributed by atoms with Gasteiger partial charge in [0.25, 0.3) is 0 Å². The first-order valence-electron chi connectivity index (χ1n) is 3.79. The van der Waals surface area contributed by atoms with Gasteiger partial charge >= 0.3 is 0 Å². The molecule has 1 aromatic rings. The maximum absolute atomic E-state index is 10.3. The summed E-state index contributed by atoms with van der Waals surface area (Å²) in [7, 11) is 1.76. The van der Waals surface area contributed by atoms with Gasteiger partial charge in [-0.2, -0.15) is 0 Å². The molecule has 0 bridgehead atoms. The van der Waals surface area contributed by atoms with E-state index in [1.165, 1.54) is 0 Å². The van der Waals surface area contributed by atoms with Crippen LogP contribution in [0.15, 0.2) is 12.1 Å². The molecule has 0 spiro atoms. The molecule has 1 N–H and O–H groups in total. The van der Waals surface area contributed by atoms with Crippen LogP contribution in [0.25, 0.3) is 0 Å². The molecule has 70 valence electrons. The molecule has 2 nitrogen and oxygen atoms in total. The van der Waals surface area contributed by atoms with E-state index in [0.29, 0.717) is 15.6 Å². The van der Waals surface area contributed by atoms with Gasteiger partial charge in [-0.15, -0.1) is 0 Å². The molecular weight excluding hydrogens is 209 g/mol. The average Bonchev–Trinajstić information content (AvgIpc) is 2.12. The highest BCUT2D eigenvalue weighted by molar-refractivity contribution is 6.37. The Labute approximate surface area is 86.8 Å². The summed E-state index contributed by atoms with van der Waals surface area (Å²) in [6, 6.07) is 3.50. The highest BCUT2D eigenvalue weighted by Crippen LogP contribution is 2.31. The first-order chi connectivity index (χ1) is 6.20. The van der Waals surface area contributed by atoms with Crippen molar-refractivity contribution in [3.05, 3.63) is 27.7 Å². The molecule has 0 unspecified atom stereocenters. The van der Waals surface area contributed by atoms with Crippen LogP contribution >= 0.6 is 23.2 Å². The molecule has 0 aliphatic rings. The number of hydrogen-bond donors (Lipinski definition) is 1. The fraction of sp³-hybridized carbons (Fsp3) is 0.222. The lowest BCUT2D eigenvalue weighted by Crippen LogP contribution is -1.95. The number of carbonyl (C=O) groups is 1. The summed E-state index contributed by atoms with van der Waals surface area (Å²) in [5.74, 6) is 0. The second kappa shape index (κ2) is 4.49. The first kappa shape index (κ1) is 10.4. The molecule has 0 aliphatic heterocycles. The van der Waals surface area contributed by atoms with E-state index in [1.54, 1.807) is 19.2 Å². The number of hydrogen-bond acceptors (Lipinski definition) is 2. The molecule has 0 fully saturated rings. The SMILES string of the molecule is CNc1ccc(Cl)c(CC=O)c1Cl. The van der Waals surface area contributed by atoms with Crippen LogP contribution in [-0.4, -0.2) is 13.3 Å². The lowest BCUT2D eigenvalue weighted by molar-refractivity contribution is -0.107. The molecule has 0 saturated heterocycles. The third kappa shape index (κ3) is 2.14. The Kier molecular flexibility index (Phi) is 3.58. The van der Waals surface area contributed by atoms with Crippen molar-refractivity contribution in [2.45, 2.75) is 6.42 Å². The highest BCUT2D eigenvalue weighted by Gasteiger charge is 2.08. The lowest BCUT2D eigenvalue weighted by atomic mass is 10.1. The summed E-state index contributed by atoms with van der Waals surface area (Å²) in [5, 5.41) is 3.95. The summed E-state index contributed by atoms with van der Waals surface area (Å²) in [6.45, 7) is 0. The van der Waals surface area contributed by atoms with E-state index in [2.05, 4.69) is 5.32 Å². The van der Waals surface area contributed by atoms with Gasteiger partial charge in [0.05, 0.1) is 10.7 Å². The average molecular weight is 218 g/mol. The Morgan fingerprint density at radius 3 is 2.69 bits per heavy atom. The fourth-order valence-electron chi connectivity index (χ4n) is 1.06. The number of carbonyl (C=O) groups excluding carboxylic acids is 1. The Morgan fingerprint density at radius 2 is 2.15 bits per heavy atom. The zero-order chi connectivity index (χ0) is 9.84. The summed E-state index contributed by atoms with van der Waals surface area (Å²) in [4.78, 5) is 10.3. The van der Waals surface area contributed by atoms with Crippen molar-refractivity contribution in [1.82, 2.24) is 0 Å². The van der Waals surface area contributed by atoms with Gasteiger partial charge in [-0.25, -0.2) is 0 Å².